The summed E-state index contributed by atoms with van der Waals surface area (Å²) in [6.45, 7) is 7.03. The van der Waals surface area contributed by atoms with Crippen molar-refractivity contribution in [1.29, 1.82) is 0 Å². The highest BCUT2D eigenvalue weighted by Gasteiger charge is 2.58. The fraction of sp³-hybridized carbons (Fsp3) is 0.654. The molecule has 180 valence electrons. The molecule has 3 fully saturated rings. The van der Waals surface area contributed by atoms with Crippen molar-refractivity contribution in [1.82, 2.24) is 15.1 Å². The van der Waals surface area contributed by atoms with Crippen molar-refractivity contribution < 1.29 is 19.1 Å². The molecule has 1 aromatic carbocycles. The summed E-state index contributed by atoms with van der Waals surface area (Å²) in [6, 6.07) is 8.51. The van der Waals surface area contributed by atoms with Gasteiger partial charge >= 0.3 is 6.09 Å². The van der Waals surface area contributed by atoms with Crippen molar-refractivity contribution >= 4 is 17.9 Å². The van der Waals surface area contributed by atoms with Gasteiger partial charge in [-0.05, 0) is 63.4 Å². The number of likely N-dealkylation sites (tertiary alicyclic amines) is 2. The first-order valence-corrected chi connectivity index (χ1v) is 12.5. The highest BCUT2D eigenvalue weighted by atomic mass is 16.6. The Hall–Kier alpha value is -2.57. The third-order valence-electron chi connectivity index (χ3n) is 7.73. The Kier molecular flexibility index (Phi) is 7.25. The molecule has 0 aromatic heterocycles. The predicted octanol–water partition coefficient (Wildman–Crippen LogP) is 3.29. The van der Waals surface area contributed by atoms with Crippen LogP contribution in [-0.2, 0) is 20.7 Å². The van der Waals surface area contributed by atoms with E-state index in [1.54, 1.807) is 4.90 Å². The number of carbonyl (C=O) groups is 3. The highest BCUT2D eigenvalue weighted by molar-refractivity contribution is 5.83. The fourth-order valence-corrected chi connectivity index (χ4v) is 5.36. The van der Waals surface area contributed by atoms with Gasteiger partial charge in [-0.25, -0.2) is 4.79 Å². The van der Waals surface area contributed by atoms with Crippen LogP contribution in [0.3, 0.4) is 0 Å². The number of nitrogens with one attached hydrogen (secondary N) is 1. The summed E-state index contributed by atoms with van der Waals surface area (Å²) in [5, 5.41) is 3.22. The smallest absolute Gasteiger partial charge is 0.409 e. The Morgan fingerprint density at radius 1 is 1.03 bits per heavy atom. The third-order valence-corrected chi connectivity index (χ3v) is 7.73. The van der Waals surface area contributed by atoms with E-state index in [1.165, 1.54) is 11.1 Å². The molecule has 1 atom stereocenters. The molecular weight excluding hydrogens is 418 g/mol. The molecule has 1 aliphatic carbocycles. The average Bonchev–Trinajstić information content (AvgIpc) is 3.53. The molecule has 3 aliphatic rings. The minimum absolute atomic E-state index is 0.0744. The minimum Gasteiger partial charge on any atom is -0.450 e. The summed E-state index contributed by atoms with van der Waals surface area (Å²) in [4.78, 5) is 41.1. The van der Waals surface area contributed by atoms with Gasteiger partial charge < -0.3 is 19.9 Å². The van der Waals surface area contributed by atoms with Crippen molar-refractivity contribution in [3.63, 3.8) is 0 Å². The second-order valence-corrected chi connectivity index (χ2v) is 9.95. The molecule has 7 nitrogen and oxygen atoms in total. The van der Waals surface area contributed by atoms with E-state index in [-0.39, 0.29) is 35.3 Å². The van der Waals surface area contributed by atoms with Gasteiger partial charge in [-0.3, -0.25) is 9.59 Å². The molecule has 1 N–H and O–H groups in total. The van der Waals surface area contributed by atoms with E-state index in [1.807, 2.05) is 11.8 Å². The minimum atomic E-state index is -0.261. The van der Waals surface area contributed by atoms with Crippen LogP contribution in [0, 0.1) is 18.3 Å². The summed E-state index contributed by atoms with van der Waals surface area (Å²) >= 11 is 0. The number of ether oxygens (including phenoxy) is 1. The summed E-state index contributed by atoms with van der Waals surface area (Å²) in [6.07, 6.45) is 5.38. The summed E-state index contributed by atoms with van der Waals surface area (Å²) in [7, 11) is 0. The van der Waals surface area contributed by atoms with Gasteiger partial charge in [0.1, 0.15) is 0 Å². The molecule has 3 amide bonds. The Bertz CT molecular complexity index is 853. The largest absolute Gasteiger partial charge is 0.450 e. The maximum atomic E-state index is 12.9. The number of hydrogen-bond donors (Lipinski definition) is 1. The van der Waals surface area contributed by atoms with Crippen molar-refractivity contribution in [2.24, 2.45) is 11.3 Å². The number of aryl methyl sites for hydroxylation is 2. The lowest BCUT2D eigenvalue weighted by molar-refractivity contribution is -0.132. The molecule has 0 bridgehead atoms. The van der Waals surface area contributed by atoms with Gasteiger partial charge in [0.2, 0.25) is 11.8 Å². The second-order valence-electron chi connectivity index (χ2n) is 9.95. The summed E-state index contributed by atoms with van der Waals surface area (Å²) < 4.78 is 5.06. The molecule has 0 radical (unpaired) electrons. The number of benzene rings is 1. The van der Waals surface area contributed by atoms with Gasteiger partial charge in [-0.2, -0.15) is 0 Å². The summed E-state index contributed by atoms with van der Waals surface area (Å²) in [5.74, 6) is 0.453. The Labute approximate surface area is 196 Å². The lowest BCUT2D eigenvalue weighted by Crippen LogP contribution is -2.47. The lowest BCUT2D eigenvalue weighted by Gasteiger charge is -2.34. The SMILES string of the molecule is CCOC(=O)N1CCC(NC(=O)C2CC23CCN(C(=O)CCc2ccc(C)cc2)CC3)CC1. The monoisotopic (exact) mass is 455 g/mol. The molecule has 1 spiro atoms. The highest BCUT2D eigenvalue weighted by Crippen LogP contribution is 2.59. The van der Waals surface area contributed by atoms with E-state index in [0.29, 0.717) is 26.1 Å². The molecule has 7 heteroatoms. The fourth-order valence-electron chi connectivity index (χ4n) is 5.36. The van der Waals surface area contributed by atoms with Crippen LogP contribution >= 0.6 is 0 Å². The molecular formula is C26H37N3O4. The van der Waals surface area contributed by atoms with Gasteiger partial charge in [0.25, 0.3) is 0 Å². The first-order valence-electron chi connectivity index (χ1n) is 12.5. The molecule has 2 aliphatic heterocycles. The number of carbonyl (C=O) groups excluding carboxylic acids is 3. The van der Waals surface area contributed by atoms with Crippen LogP contribution < -0.4 is 5.32 Å². The standard InChI is InChI=1S/C26H37N3O4/c1-3-33-25(32)29-14-10-21(11-15-29)27-24(31)22-18-26(22)12-16-28(17-13-26)23(30)9-8-20-6-4-19(2)5-7-20/h4-7,21-22H,3,8-18H2,1-2H3,(H,27,31). The number of nitrogens with zero attached hydrogens (tertiary/aromatic N) is 2. The van der Waals surface area contributed by atoms with E-state index in [9.17, 15) is 14.4 Å². The molecule has 1 unspecified atom stereocenters. The predicted molar refractivity (Wildman–Crippen MR) is 126 cm³/mol. The zero-order valence-corrected chi connectivity index (χ0v) is 20.0. The zero-order valence-electron chi connectivity index (χ0n) is 20.0. The third kappa shape index (κ3) is 5.68. The van der Waals surface area contributed by atoms with E-state index in [2.05, 4.69) is 36.5 Å². The molecule has 4 rings (SSSR count). The van der Waals surface area contributed by atoms with Crippen LogP contribution in [0.1, 0.15) is 56.6 Å². The maximum Gasteiger partial charge on any atom is 0.409 e. The Morgan fingerprint density at radius 3 is 2.33 bits per heavy atom. The van der Waals surface area contributed by atoms with Gasteiger partial charge in [0.15, 0.2) is 0 Å². The van der Waals surface area contributed by atoms with Crippen molar-refractivity contribution in [2.45, 2.75) is 64.8 Å². The van der Waals surface area contributed by atoms with Gasteiger partial charge in [-0.1, -0.05) is 29.8 Å². The number of hydrogen-bond acceptors (Lipinski definition) is 4. The molecule has 1 saturated carbocycles. The Balaban J connectivity index is 1.17. The number of amides is 3. The van der Waals surface area contributed by atoms with Gasteiger partial charge in [-0.15, -0.1) is 0 Å². The van der Waals surface area contributed by atoms with E-state index in [4.69, 9.17) is 4.74 Å². The Morgan fingerprint density at radius 2 is 1.70 bits per heavy atom. The number of rotatable bonds is 6. The quantitative estimate of drug-likeness (QED) is 0.714. The first kappa shape index (κ1) is 23.6. The van der Waals surface area contributed by atoms with Crippen LogP contribution in [-0.4, -0.2) is 66.5 Å². The van der Waals surface area contributed by atoms with E-state index in [0.717, 1.165) is 51.6 Å². The van der Waals surface area contributed by atoms with Crippen LogP contribution in [0.15, 0.2) is 24.3 Å². The van der Waals surface area contributed by atoms with Crippen LogP contribution in [0.5, 0.6) is 0 Å². The van der Waals surface area contributed by atoms with Crippen molar-refractivity contribution in [3.8, 4) is 0 Å². The van der Waals surface area contributed by atoms with E-state index < -0.39 is 0 Å². The van der Waals surface area contributed by atoms with Crippen LogP contribution in [0.4, 0.5) is 4.79 Å². The number of piperidine rings is 2. The lowest BCUT2D eigenvalue weighted by atomic mass is 9.90. The maximum absolute atomic E-state index is 12.9. The average molecular weight is 456 g/mol. The van der Waals surface area contributed by atoms with E-state index >= 15 is 0 Å². The van der Waals surface area contributed by atoms with Crippen molar-refractivity contribution in [3.05, 3.63) is 35.4 Å². The van der Waals surface area contributed by atoms with Gasteiger partial charge in [0.05, 0.1) is 6.61 Å². The van der Waals surface area contributed by atoms with Crippen molar-refractivity contribution in [2.75, 3.05) is 32.8 Å². The zero-order chi connectivity index (χ0) is 23.4. The first-order chi connectivity index (χ1) is 15.9. The summed E-state index contributed by atoms with van der Waals surface area (Å²) in [5.41, 5.74) is 2.52. The molecule has 2 heterocycles. The van der Waals surface area contributed by atoms with Crippen LogP contribution in [0.2, 0.25) is 0 Å². The molecule has 1 aromatic rings. The van der Waals surface area contributed by atoms with Crippen LogP contribution in [0.25, 0.3) is 0 Å². The topological polar surface area (TPSA) is 79.0 Å². The second kappa shape index (κ2) is 10.1. The molecule has 2 saturated heterocycles. The normalized spacial score (nSPS) is 22.2. The van der Waals surface area contributed by atoms with Gasteiger partial charge in [0, 0.05) is 44.6 Å². The molecule has 33 heavy (non-hydrogen) atoms.